The predicted octanol–water partition coefficient (Wildman–Crippen LogP) is 3.09. The number of hydrogen-bond donors (Lipinski definition) is 2. The van der Waals surface area contributed by atoms with Crippen LogP contribution < -0.4 is 10.6 Å². The molecule has 1 heterocycles. The van der Waals surface area contributed by atoms with E-state index in [4.69, 9.17) is 4.74 Å². The number of ether oxygens (including phenoxy) is 1. The van der Waals surface area contributed by atoms with Crippen LogP contribution in [0, 0.1) is 11.3 Å². The van der Waals surface area contributed by atoms with Crippen molar-refractivity contribution in [1.29, 1.82) is 0 Å². The molecule has 4 unspecified atom stereocenters. The van der Waals surface area contributed by atoms with Crippen molar-refractivity contribution in [2.75, 3.05) is 33.3 Å². The Labute approximate surface area is 171 Å². The topological polar surface area (TPSA) is 48.9 Å². The average molecular weight is 466 g/mol. The third-order valence-corrected chi connectivity index (χ3v) is 6.01. The zero-order chi connectivity index (χ0) is 17.7. The standard InChI is InChI=1S/C19H38N4O.HI/c1-7-23(8-2)12-9-10-14(3)21-18(20-6)22-16-15-11-13-24-17(15)19(16,4)5;/h14-17H,7-13H2,1-6H3,(H2,20,21,22);1H. The molecule has 2 N–H and O–H groups in total. The highest BCUT2D eigenvalue weighted by Gasteiger charge is 2.59. The van der Waals surface area contributed by atoms with Crippen molar-refractivity contribution >= 4 is 29.9 Å². The lowest BCUT2D eigenvalue weighted by Crippen LogP contribution is -2.68. The molecule has 2 fully saturated rings. The van der Waals surface area contributed by atoms with Crippen molar-refractivity contribution in [3.63, 3.8) is 0 Å². The van der Waals surface area contributed by atoms with Gasteiger partial charge < -0.3 is 20.3 Å². The number of aliphatic imine (C=N–C) groups is 1. The molecular formula is C19H39IN4O. The quantitative estimate of drug-likeness (QED) is 0.328. The molecular weight excluding hydrogens is 427 g/mol. The molecule has 1 saturated heterocycles. The van der Waals surface area contributed by atoms with Gasteiger partial charge in [-0.1, -0.05) is 27.7 Å². The fraction of sp³-hybridized carbons (Fsp3) is 0.947. The third kappa shape index (κ3) is 5.45. The van der Waals surface area contributed by atoms with Gasteiger partial charge in [-0.3, -0.25) is 4.99 Å². The molecule has 1 aliphatic carbocycles. The van der Waals surface area contributed by atoms with E-state index in [0.717, 1.165) is 25.7 Å². The highest BCUT2D eigenvalue weighted by atomic mass is 127. The first-order chi connectivity index (χ1) is 11.4. The zero-order valence-electron chi connectivity index (χ0n) is 17.0. The van der Waals surface area contributed by atoms with Crippen LogP contribution in [0.2, 0.25) is 0 Å². The predicted molar refractivity (Wildman–Crippen MR) is 117 cm³/mol. The van der Waals surface area contributed by atoms with Gasteiger partial charge in [0.25, 0.3) is 0 Å². The zero-order valence-corrected chi connectivity index (χ0v) is 19.3. The maximum absolute atomic E-state index is 5.89. The van der Waals surface area contributed by atoms with Gasteiger partial charge in [0.1, 0.15) is 0 Å². The van der Waals surface area contributed by atoms with Crippen molar-refractivity contribution in [1.82, 2.24) is 15.5 Å². The summed E-state index contributed by atoms with van der Waals surface area (Å²) in [7, 11) is 1.87. The van der Waals surface area contributed by atoms with Crippen molar-refractivity contribution in [3.05, 3.63) is 0 Å². The fourth-order valence-electron chi connectivity index (χ4n) is 4.40. The number of nitrogens with one attached hydrogen (secondary N) is 2. The molecule has 25 heavy (non-hydrogen) atoms. The largest absolute Gasteiger partial charge is 0.377 e. The highest BCUT2D eigenvalue weighted by molar-refractivity contribution is 14.0. The lowest BCUT2D eigenvalue weighted by molar-refractivity contribution is -0.106. The molecule has 1 saturated carbocycles. The van der Waals surface area contributed by atoms with Gasteiger partial charge in [-0.2, -0.15) is 0 Å². The average Bonchev–Trinajstić information content (AvgIpc) is 3.02. The second kappa shape index (κ2) is 10.3. The van der Waals surface area contributed by atoms with E-state index in [1.165, 1.54) is 25.8 Å². The maximum Gasteiger partial charge on any atom is 0.191 e. The van der Waals surface area contributed by atoms with Crippen LogP contribution in [-0.2, 0) is 4.74 Å². The van der Waals surface area contributed by atoms with E-state index in [1.54, 1.807) is 0 Å². The van der Waals surface area contributed by atoms with Crippen LogP contribution in [0.4, 0.5) is 0 Å². The van der Waals surface area contributed by atoms with E-state index in [1.807, 2.05) is 7.05 Å². The van der Waals surface area contributed by atoms with Gasteiger partial charge >= 0.3 is 0 Å². The van der Waals surface area contributed by atoms with Gasteiger partial charge in [-0.25, -0.2) is 0 Å². The highest BCUT2D eigenvalue weighted by Crippen LogP contribution is 2.52. The summed E-state index contributed by atoms with van der Waals surface area (Å²) >= 11 is 0. The third-order valence-electron chi connectivity index (χ3n) is 6.01. The van der Waals surface area contributed by atoms with Crippen LogP contribution >= 0.6 is 24.0 Å². The minimum absolute atomic E-state index is 0. The summed E-state index contributed by atoms with van der Waals surface area (Å²) in [6.45, 7) is 15.7. The minimum Gasteiger partial charge on any atom is -0.377 e. The molecule has 2 aliphatic rings. The molecule has 5 nitrogen and oxygen atoms in total. The number of rotatable bonds is 8. The molecule has 0 amide bonds. The summed E-state index contributed by atoms with van der Waals surface area (Å²) in [5.74, 6) is 1.57. The fourth-order valence-corrected chi connectivity index (χ4v) is 4.40. The van der Waals surface area contributed by atoms with Crippen molar-refractivity contribution < 1.29 is 4.74 Å². The van der Waals surface area contributed by atoms with E-state index < -0.39 is 0 Å². The molecule has 0 aromatic heterocycles. The Bertz CT molecular complexity index is 426. The molecule has 1 aliphatic heterocycles. The Balaban J connectivity index is 0.00000312. The first-order valence-electron chi connectivity index (χ1n) is 9.77. The Kier molecular flexibility index (Phi) is 9.46. The number of hydrogen-bond acceptors (Lipinski definition) is 3. The molecule has 0 aromatic rings. The summed E-state index contributed by atoms with van der Waals surface area (Å²) in [5.41, 5.74) is 0.185. The van der Waals surface area contributed by atoms with Crippen LogP contribution in [0.1, 0.15) is 53.9 Å². The van der Waals surface area contributed by atoms with E-state index in [-0.39, 0.29) is 29.4 Å². The molecule has 0 radical (unpaired) electrons. The number of halogens is 1. The van der Waals surface area contributed by atoms with Crippen LogP contribution in [0.3, 0.4) is 0 Å². The van der Waals surface area contributed by atoms with E-state index in [9.17, 15) is 0 Å². The van der Waals surface area contributed by atoms with Gasteiger partial charge in [-0.15, -0.1) is 24.0 Å². The summed E-state index contributed by atoms with van der Waals surface area (Å²) in [4.78, 5) is 6.93. The lowest BCUT2D eigenvalue weighted by Gasteiger charge is -2.55. The molecule has 0 spiro atoms. The van der Waals surface area contributed by atoms with Gasteiger partial charge in [0.2, 0.25) is 0 Å². The van der Waals surface area contributed by atoms with Gasteiger partial charge in [-0.05, 0) is 45.8 Å². The van der Waals surface area contributed by atoms with Crippen LogP contribution in [-0.4, -0.2) is 62.3 Å². The van der Waals surface area contributed by atoms with Crippen molar-refractivity contribution in [3.8, 4) is 0 Å². The Morgan fingerprint density at radius 3 is 2.60 bits per heavy atom. The summed E-state index contributed by atoms with van der Waals surface area (Å²) in [5, 5.41) is 7.24. The molecule has 4 atom stereocenters. The first kappa shape index (κ1) is 23.0. The molecule has 6 heteroatoms. The second-order valence-electron chi connectivity index (χ2n) is 7.97. The SMILES string of the molecule is CCN(CC)CCCC(C)NC(=NC)NC1C2CCOC2C1(C)C.I. The van der Waals surface area contributed by atoms with Crippen LogP contribution in [0.25, 0.3) is 0 Å². The molecule has 148 valence electrons. The van der Waals surface area contributed by atoms with Gasteiger partial charge in [0.15, 0.2) is 5.96 Å². The summed E-state index contributed by atoms with van der Waals surface area (Å²) < 4.78 is 5.89. The van der Waals surface area contributed by atoms with Gasteiger partial charge in [0.05, 0.1) is 6.10 Å². The lowest BCUT2D eigenvalue weighted by atomic mass is 9.57. The Morgan fingerprint density at radius 2 is 2.00 bits per heavy atom. The van der Waals surface area contributed by atoms with Crippen LogP contribution in [0.15, 0.2) is 4.99 Å². The normalized spacial score (nSPS) is 28.8. The van der Waals surface area contributed by atoms with Crippen molar-refractivity contribution in [2.24, 2.45) is 16.3 Å². The molecule has 0 aromatic carbocycles. The van der Waals surface area contributed by atoms with Gasteiger partial charge in [0, 0.05) is 37.1 Å². The smallest absolute Gasteiger partial charge is 0.191 e. The van der Waals surface area contributed by atoms with E-state index in [2.05, 4.69) is 55.1 Å². The van der Waals surface area contributed by atoms with E-state index in [0.29, 0.717) is 24.1 Å². The second-order valence-corrected chi connectivity index (χ2v) is 7.97. The maximum atomic E-state index is 5.89. The summed E-state index contributed by atoms with van der Waals surface area (Å²) in [6, 6.07) is 0.893. The van der Waals surface area contributed by atoms with Crippen molar-refractivity contribution in [2.45, 2.75) is 72.1 Å². The van der Waals surface area contributed by atoms with Crippen LogP contribution in [0.5, 0.6) is 0 Å². The Hall–Kier alpha value is -0.0800. The monoisotopic (exact) mass is 466 g/mol. The first-order valence-corrected chi connectivity index (χ1v) is 9.77. The molecule has 2 rings (SSSR count). The number of guanidine groups is 1. The minimum atomic E-state index is 0. The summed E-state index contributed by atoms with van der Waals surface area (Å²) in [6.07, 6.45) is 3.97. The molecule has 0 bridgehead atoms. The number of fused-ring (bicyclic) bond motifs is 1. The van der Waals surface area contributed by atoms with E-state index >= 15 is 0 Å². The Morgan fingerprint density at radius 1 is 1.32 bits per heavy atom. The number of nitrogens with zero attached hydrogens (tertiary/aromatic N) is 2.